The van der Waals surface area contributed by atoms with Crippen molar-refractivity contribution in [3.8, 4) is 5.75 Å². The Labute approximate surface area is 153 Å². The lowest BCUT2D eigenvalue weighted by Gasteiger charge is -2.16. The molecule has 1 atom stereocenters. The van der Waals surface area contributed by atoms with E-state index in [9.17, 15) is 18.4 Å². The lowest BCUT2D eigenvalue weighted by atomic mass is 9.94. The number of nitrogens with one attached hydrogen (secondary N) is 1. The minimum atomic E-state index is -1.12. The van der Waals surface area contributed by atoms with E-state index in [2.05, 4.69) is 4.98 Å². The van der Waals surface area contributed by atoms with Gasteiger partial charge in [-0.05, 0) is 32.0 Å². The molecule has 0 aliphatic rings. The van der Waals surface area contributed by atoms with Crippen LogP contribution < -0.4 is 16.0 Å². The zero-order valence-corrected chi connectivity index (χ0v) is 15.0. The van der Waals surface area contributed by atoms with Gasteiger partial charge in [-0.25, -0.2) is 8.78 Å². The van der Waals surface area contributed by atoms with E-state index in [0.29, 0.717) is 11.1 Å². The number of hydrogen-bond acceptors (Lipinski definition) is 4. The smallest absolute Gasteiger partial charge is 0.256 e. The fourth-order valence-corrected chi connectivity index (χ4v) is 3.12. The van der Waals surface area contributed by atoms with Gasteiger partial charge in [0.05, 0.1) is 12.7 Å². The highest BCUT2D eigenvalue weighted by Crippen LogP contribution is 2.33. The van der Waals surface area contributed by atoms with Crippen LogP contribution in [-0.4, -0.2) is 17.9 Å². The van der Waals surface area contributed by atoms with E-state index in [-0.39, 0.29) is 27.8 Å². The number of carbonyl (C=O) groups is 1. The fourth-order valence-electron chi connectivity index (χ4n) is 3.12. The molecule has 0 saturated heterocycles. The van der Waals surface area contributed by atoms with Crippen molar-refractivity contribution in [2.75, 3.05) is 7.11 Å². The first-order valence-electron chi connectivity index (χ1n) is 8.25. The minimum Gasteiger partial charge on any atom is -0.493 e. The van der Waals surface area contributed by atoms with E-state index in [1.54, 1.807) is 19.9 Å². The maximum Gasteiger partial charge on any atom is 0.256 e. The number of aryl methyl sites for hydroxylation is 1. The Morgan fingerprint density at radius 3 is 2.56 bits per heavy atom. The molecule has 0 spiro atoms. The number of hydrogen-bond donors (Lipinski definition) is 2. The van der Waals surface area contributed by atoms with Crippen LogP contribution in [0.5, 0.6) is 5.75 Å². The molecule has 1 heterocycles. The highest BCUT2D eigenvalue weighted by atomic mass is 19.1. The standard InChI is InChI=1S/C20H18F2N2O3/c1-9-7-14-11(5-4-6-12(14)20(26)24-9)18(25)16-15(21)8-13(10(2)23)19(27-3)17(16)22/h4-8,10H,23H2,1-3H3,(H,24,26). The molecular weight excluding hydrogens is 354 g/mol. The predicted molar refractivity (Wildman–Crippen MR) is 98.3 cm³/mol. The lowest BCUT2D eigenvalue weighted by Crippen LogP contribution is -2.15. The van der Waals surface area contributed by atoms with Crippen LogP contribution in [0.4, 0.5) is 8.78 Å². The molecule has 0 radical (unpaired) electrons. The molecule has 3 aromatic rings. The molecule has 1 unspecified atom stereocenters. The second kappa shape index (κ2) is 6.92. The van der Waals surface area contributed by atoms with Crippen molar-refractivity contribution in [3.05, 3.63) is 74.7 Å². The summed E-state index contributed by atoms with van der Waals surface area (Å²) in [7, 11) is 1.22. The number of fused-ring (bicyclic) bond motifs is 1. The van der Waals surface area contributed by atoms with Crippen LogP contribution in [-0.2, 0) is 0 Å². The highest BCUT2D eigenvalue weighted by Gasteiger charge is 2.27. The summed E-state index contributed by atoms with van der Waals surface area (Å²) < 4.78 is 34.6. The van der Waals surface area contributed by atoms with Crippen LogP contribution in [0.2, 0.25) is 0 Å². The molecule has 0 aliphatic heterocycles. The maximum absolute atomic E-state index is 14.9. The number of ketones is 1. The van der Waals surface area contributed by atoms with E-state index in [0.717, 1.165) is 6.07 Å². The molecule has 3 rings (SSSR count). The van der Waals surface area contributed by atoms with Crippen LogP contribution >= 0.6 is 0 Å². The second-order valence-corrected chi connectivity index (χ2v) is 6.34. The quantitative estimate of drug-likeness (QED) is 0.688. The number of ether oxygens (including phenoxy) is 1. The molecule has 5 nitrogen and oxygen atoms in total. The number of methoxy groups -OCH3 is 1. The van der Waals surface area contributed by atoms with Crippen LogP contribution in [0.1, 0.15) is 40.1 Å². The lowest BCUT2D eigenvalue weighted by molar-refractivity contribution is 0.103. The number of carbonyl (C=O) groups excluding carboxylic acids is 1. The van der Waals surface area contributed by atoms with Crippen molar-refractivity contribution in [1.29, 1.82) is 0 Å². The van der Waals surface area contributed by atoms with Crippen molar-refractivity contribution in [3.63, 3.8) is 0 Å². The Hall–Kier alpha value is -3.06. The van der Waals surface area contributed by atoms with E-state index in [1.165, 1.54) is 25.3 Å². The molecule has 0 saturated carbocycles. The van der Waals surface area contributed by atoms with Gasteiger partial charge in [0.25, 0.3) is 5.56 Å². The number of rotatable bonds is 4. The third-order valence-corrected chi connectivity index (χ3v) is 4.39. The Morgan fingerprint density at radius 2 is 1.93 bits per heavy atom. The third kappa shape index (κ3) is 3.10. The number of halogens is 2. The van der Waals surface area contributed by atoms with Crippen molar-refractivity contribution >= 4 is 16.6 Å². The van der Waals surface area contributed by atoms with E-state index in [4.69, 9.17) is 10.5 Å². The first-order chi connectivity index (χ1) is 12.8. The van der Waals surface area contributed by atoms with Crippen LogP contribution in [0.25, 0.3) is 10.8 Å². The third-order valence-electron chi connectivity index (χ3n) is 4.39. The molecule has 0 fully saturated rings. The van der Waals surface area contributed by atoms with Crippen molar-refractivity contribution in [2.24, 2.45) is 5.73 Å². The van der Waals surface area contributed by atoms with Crippen LogP contribution in [0.3, 0.4) is 0 Å². The van der Waals surface area contributed by atoms with E-state index in [1.807, 2.05) is 0 Å². The van der Waals surface area contributed by atoms with Gasteiger partial charge in [-0.2, -0.15) is 0 Å². The summed E-state index contributed by atoms with van der Waals surface area (Å²) >= 11 is 0. The summed E-state index contributed by atoms with van der Waals surface area (Å²) in [6.45, 7) is 3.21. The zero-order chi connectivity index (χ0) is 19.9. The summed E-state index contributed by atoms with van der Waals surface area (Å²) in [5.74, 6) is -3.31. The van der Waals surface area contributed by atoms with Gasteiger partial charge in [0.1, 0.15) is 5.82 Å². The predicted octanol–water partition coefficient (Wildman–Crippen LogP) is 3.37. The number of aromatic amines is 1. The van der Waals surface area contributed by atoms with Gasteiger partial charge in [-0.3, -0.25) is 9.59 Å². The number of H-pyrrole nitrogens is 1. The molecule has 1 aromatic heterocycles. The minimum absolute atomic E-state index is 0.0232. The van der Waals surface area contributed by atoms with Crippen molar-refractivity contribution in [1.82, 2.24) is 4.98 Å². The average Bonchev–Trinajstić information content (AvgIpc) is 2.60. The number of benzene rings is 2. The molecule has 0 aliphatic carbocycles. The molecular formula is C20H18F2N2O3. The van der Waals surface area contributed by atoms with Gasteiger partial charge < -0.3 is 15.5 Å². The maximum atomic E-state index is 14.9. The van der Waals surface area contributed by atoms with Gasteiger partial charge in [-0.15, -0.1) is 0 Å². The zero-order valence-electron chi connectivity index (χ0n) is 15.0. The summed E-state index contributed by atoms with van der Waals surface area (Å²) in [5.41, 5.74) is 5.27. The van der Waals surface area contributed by atoms with Gasteiger partial charge in [-0.1, -0.05) is 12.1 Å². The molecule has 0 bridgehead atoms. The summed E-state index contributed by atoms with van der Waals surface area (Å²) in [6, 6.07) is 6.36. The Bertz CT molecular complexity index is 1120. The second-order valence-electron chi connectivity index (χ2n) is 6.34. The van der Waals surface area contributed by atoms with Gasteiger partial charge in [0.2, 0.25) is 0 Å². The van der Waals surface area contributed by atoms with Gasteiger partial charge in [0.15, 0.2) is 17.3 Å². The molecule has 27 heavy (non-hydrogen) atoms. The number of pyridine rings is 1. The molecule has 3 N–H and O–H groups in total. The Morgan fingerprint density at radius 1 is 1.22 bits per heavy atom. The summed E-state index contributed by atoms with van der Waals surface area (Å²) in [5, 5.41) is 0.573. The fraction of sp³-hybridized carbons (Fsp3) is 0.200. The average molecular weight is 372 g/mol. The SMILES string of the molecule is COc1c(C(C)N)cc(F)c(C(=O)c2cccc3c(=O)[nH]c(C)cc23)c1F. The number of nitrogens with two attached hydrogens (primary N) is 1. The highest BCUT2D eigenvalue weighted by molar-refractivity contribution is 6.16. The monoisotopic (exact) mass is 372 g/mol. The van der Waals surface area contributed by atoms with Crippen LogP contribution in [0, 0.1) is 18.6 Å². The number of aromatic nitrogens is 1. The largest absolute Gasteiger partial charge is 0.493 e. The topological polar surface area (TPSA) is 85.2 Å². The molecule has 140 valence electrons. The normalized spacial score (nSPS) is 12.2. The summed E-state index contributed by atoms with van der Waals surface area (Å²) in [6.07, 6.45) is 0. The van der Waals surface area contributed by atoms with Crippen molar-refractivity contribution < 1.29 is 18.3 Å². The van der Waals surface area contributed by atoms with E-state index >= 15 is 0 Å². The molecule has 2 aromatic carbocycles. The van der Waals surface area contributed by atoms with Gasteiger partial charge >= 0.3 is 0 Å². The Kier molecular flexibility index (Phi) is 4.80. The first kappa shape index (κ1) is 18.7. The Balaban J connectivity index is 2.29. The van der Waals surface area contributed by atoms with Crippen molar-refractivity contribution in [2.45, 2.75) is 19.9 Å². The summed E-state index contributed by atoms with van der Waals surface area (Å²) in [4.78, 5) is 27.7. The molecule has 0 amide bonds. The first-order valence-corrected chi connectivity index (χ1v) is 8.25. The van der Waals surface area contributed by atoms with E-state index < -0.39 is 29.0 Å². The van der Waals surface area contributed by atoms with Gasteiger partial charge in [0, 0.05) is 33.6 Å². The van der Waals surface area contributed by atoms with Crippen LogP contribution in [0.15, 0.2) is 35.1 Å². The molecule has 7 heteroatoms.